The van der Waals surface area contributed by atoms with Crippen LogP contribution in [-0.4, -0.2) is 34.7 Å². The van der Waals surface area contributed by atoms with Crippen LogP contribution < -0.4 is 10.6 Å². The van der Waals surface area contributed by atoms with Crippen molar-refractivity contribution in [1.82, 2.24) is 4.98 Å². The summed E-state index contributed by atoms with van der Waals surface area (Å²) in [4.78, 5) is 16.0. The van der Waals surface area contributed by atoms with Crippen LogP contribution in [0.1, 0.15) is 18.5 Å². The second-order valence-electron chi connectivity index (χ2n) is 4.82. The predicted octanol–water partition coefficient (Wildman–Crippen LogP) is 0.917. The number of primary amides is 1. The van der Waals surface area contributed by atoms with Crippen LogP contribution in [0.4, 0.5) is 18.9 Å². The van der Waals surface area contributed by atoms with Crippen molar-refractivity contribution in [3.63, 3.8) is 0 Å². The Morgan fingerprint density at radius 3 is 2.80 bits per heavy atom. The van der Waals surface area contributed by atoms with Gasteiger partial charge in [0.05, 0.1) is 6.54 Å². The summed E-state index contributed by atoms with van der Waals surface area (Å²) in [5.74, 6) is -0.868. The van der Waals surface area contributed by atoms with Crippen LogP contribution in [0.5, 0.6) is 0 Å². The highest BCUT2D eigenvalue weighted by atomic mass is 19.4. The number of hydrogen-bond acceptors (Lipinski definition) is 4. The van der Waals surface area contributed by atoms with Crippen molar-refractivity contribution in [2.24, 2.45) is 5.73 Å². The lowest BCUT2D eigenvalue weighted by Gasteiger charge is -2.38. The summed E-state index contributed by atoms with van der Waals surface area (Å²) in [6.45, 7) is 0.320. The number of nitrogens with two attached hydrogens (primary N) is 1. The van der Waals surface area contributed by atoms with Crippen molar-refractivity contribution in [2.45, 2.75) is 24.6 Å². The van der Waals surface area contributed by atoms with Crippen molar-refractivity contribution in [3.8, 4) is 0 Å². The van der Waals surface area contributed by atoms with Gasteiger partial charge in [0.25, 0.3) is 5.91 Å². The molecule has 1 amide bonds. The molecule has 2 heterocycles. The molecule has 1 aromatic heterocycles. The monoisotopic (exact) mass is 289 g/mol. The molecule has 2 rings (SSSR count). The Kier molecular flexibility index (Phi) is 3.59. The summed E-state index contributed by atoms with van der Waals surface area (Å²) < 4.78 is 37.8. The zero-order valence-electron chi connectivity index (χ0n) is 10.5. The quantitative estimate of drug-likeness (QED) is 0.848. The van der Waals surface area contributed by atoms with Crippen molar-refractivity contribution < 1.29 is 23.1 Å². The third-order valence-electron chi connectivity index (χ3n) is 3.33. The van der Waals surface area contributed by atoms with E-state index in [4.69, 9.17) is 5.73 Å². The van der Waals surface area contributed by atoms with E-state index in [-0.39, 0.29) is 18.7 Å². The van der Waals surface area contributed by atoms with Gasteiger partial charge in [0.2, 0.25) is 0 Å². The SMILES string of the molecule is NC(=O)[C@@]1(O)CCCN(c2ccnc(C(F)(F)F)c2)C1. The average molecular weight is 289 g/mol. The van der Waals surface area contributed by atoms with Gasteiger partial charge in [0.1, 0.15) is 5.69 Å². The molecule has 1 saturated heterocycles. The Labute approximate surface area is 113 Å². The molecule has 1 fully saturated rings. The summed E-state index contributed by atoms with van der Waals surface area (Å²) in [5.41, 5.74) is 2.67. The average Bonchev–Trinajstić information content (AvgIpc) is 2.38. The molecule has 1 aliphatic rings. The molecule has 1 atom stereocenters. The highest BCUT2D eigenvalue weighted by molar-refractivity contribution is 5.84. The molecule has 1 aliphatic heterocycles. The molecular weight excluding hydrogens is 275 g/mol. The number of amides is 1. The van der Waals surface area contributed by atoms with Crippen LogP contribution in [0.2, 0.25) is 0 Å². The van der Waals surface area contributed by atoms with E-state index in [0.717, 1.165) is 12.3 Å². The number of β-amino-alcohol motifs (C(OH)–C–C–N with tert-alkyl or cyclic N) is 1. The Morgan fingerprint density at radius 2 is 2.20 bits per heavy atom. The van der Waals surface area contributed by atoms with Crippen molar-refractivity contribution in [1.29, 1.82) is 0 Å². The van der Waals surface area contributed by atoms with E-state index in [0.29, 0.717) is 13.0 Å². The smallest absolute Gasteiger partial charge is 0.378 e. The first-order valence-corrected chi connectivity index (χ1v) is 6.03. The number of hydrogen-bond donors (Lipinski definition) is 2. The maximum atomic E-state index is 12.6. The van der Waals surface area contributed by atoms with Gasteiger partial charge in [0.15, 0.2) is 5.60 Å². The molecular formula is C12H14F3N3O2. The lowest BCUT2D eigenvalue weighted by Crippen LogP contribution is -2.56. The number of alkyl halides is 3. The van der Waals surface area contributed by atoms with Gasteiger partial charge in [-0.15, -0.1) is 0 Å². The van der Waals surface area contributed by atoms with E-state index in [9.17, 15) is 23.1 Å². The van der Waals surface area contributed by atoms with Crippen molar-refractivity contribution >= 4 is 11.6 Å². The van der Waals surface area contributed by atoms with Gasteiger partial charge in [-0.1, -0.05) is 0 Å². The van der Waals surface area contributed by atoms with Crippen LogP contribution in [0.25, 0.3) is 0 Å². The molecule has 0 bridgehead atoms. The highest BCUT2D eigenvalue weighted by Gasteiger charge is 2.39. The molecule has 0 saturated carbocycles. The summed E-state index contributed by atoms with van der Waals surface area (Å²) in [7, 11) is 0. The number of carbonyl (C=O) groups is 1. The second kappa shape index (κ2) is 4.93. The molecule has 0 radical (unpaired) electrons. The molecule has 0 spiro atoms. The molecule has 8 heteroatoms. The molecule has 0 aliphatic carbocycles. The third-order valence-corrected chi connectivity index (χ3v) is 3.33. The number of aliphatic hydroxyl groups is 1. The van der Waals surface area contributed by atoms with Crippen molar-refractivity contribution in [2.75, 3.05) is 18.0 Å². The largest absolute Gasteiger partial charge is 0.433 e. The fraction of sp³-hybridized carbons (Fsp3) is 0.500. The fourth-order valence-corrected chi connectivity index (χ4v) is 2.23. The number of rotatable bonds is 2. The molecule has 0 unspecified atom stereocenters. The standard InChI is InChI=1S/C12H14F3N3O2/c13-12(14,15)9-6-8(2-4-17-9)18-5-1-3-11(20,7-18)10(16)19/h2,4,6,20H,1,3,5,7H2,(H2,16,19)/t11-/m1/s1. The summed E-state index contributed by atoms with van der Waals surface area (Å²) >= 11 is 0. The molecule has 1 aromatic rings. The van der Waals surface area contributed by atoms with Crippen LogP contribution >= 0.6 is 0 Å². The van der Waals surface area contributed by atoms with Gasteiger partial charge in [0, 0.05) is 18.4 Å². The van der Waals surface area contributed by atoms with Crippen molar-refractivity contribution in [3.05, 3.63) is 24.0 Å². The first kappa shape index (κ1) is 14.6. The Balaban J connectivity index is 2.26. The number of anilines is 1. The summed E-state index contributed by atoms with van der Waals surface area (Å²) in [6.07, 6.45) is -2.82. The van der Waals surface area contributed by atoms with Gasteiger partial charge < -0.3 is 15.7 Å². The number of halogens is 3. The van der Waals surface area contributed by atoms with Gasteiger partial charge >= 0.3 is 6.18 Å². The lowest BCUT2D eigenvalue weighted by molar-refractivity contribution is -0.141. The van der Waals surface area contributed by atoms with Crippen LogP contribution in [0, 0.1) is 0 Å². The normalized spacial score (nSPS) is 23.7. The van der Waals surface area contributed by atoms with Gasteiger partial charge in [-0.05, 0) is 25.0 Å². The summed E-state index contributed by atoms with van der Waals surface area (Å²) in [5, 5.41) is 10.1. The lowest BCUT2D eigenvalue weighted by atomic mass is 9.92. The van der Waals surface area contributed by atoms with E-state index in [1.54, 1.807) is 0 Å². The first-order chi connectivity index (χ1) is 9.22. The Morgan fingerprint density at radius 1 is 1.50 bits per heavy atom. The molecule has 0 aromatic carbocycles. The minimum absolute atomic E-state index is 0.121. The van der Waals surface area contributed by atoms with Gasteiger partial charge in [-0.25, -0.2) is 0 Å². The Hall–Kier alpha value is -1.83. The van der Waals surface area contributed by atoms with E-state index in [2.05, 4.69) is 4.98 Å². The summed E-state index contributed by atoms with van der Waals surface area (Å²) in [6, 6.07) is 2.30. The van der Waals surface area contributed by atoms with Gasteiger partial charge in [-0.2, -0.15) is 13.2 Å². The number of carbonyl (C=O) groups excluding carboxylic acids is 1. The minimum Gasteiger partial charge on any atom is -0.378 e. The van der Waals surface area contributed by atoms with E-state index in [1.807, 2.05) is 0 Å². The molecule has 5 nitrogen and oxygen atoms in total. The molecule has 110 valence electrons. The zero-order valence-corrected chi connectivity index (χ0v) is 10.5. The maximum absolute atomic E-state index is 12.6. The fourth-order valence-electron chi connectivity index (χ4n) is 2.23. The van der Waals surface area contributed by atoms with Crippen LogP contribution in [0.3, 0.4) is 0 Å². The zero-order chi connectivity index (χ0) is 15.0. The van der Waals surface area contributed by atoms with Gasteiger partial charge in [-0.3, -0.25) is 9.78 Å². The molecule has 3 N–H and O–H groups in total. The van der Waals surface area contributed by atoms with E-state index < -0.39 is 23.4 Å². The first-order valence-electron chi connectivity index (χ1n) is 6.03. The second-order valence-corrected chi connectivity index (χ2v) is 4.82. The predicted molar refractivity (Wildman–Crippen MR) is 64.8 cm³/mol. The van der Waals surface area contributed by atoms with E-state index >= 15 is 0 Å². The van der Waals surface area contributed by atoms with Crippen LogP contribution in [-0.2, 0) is 11.0 Å². The highest BCUT2D eigenvalue weighted by Crippen LogP contribution is 2.31. The number of piperidine rings is 1. The number of pyridine rings is 1. The Bertz CT molecular complexity index is 521. The minimum atomic E-state index is -4.54. The number of aromatic nitrogens is 1. The van der Waals surface area contributed by atoms with E-state index in [1.165, 1.54) is 11.0 Å². The number of nitrogens with zero attached hydrogens (tertiary/aromatic N) is 2. The molecule has 20 heavy (non-hydrogen) atoms. The third kappa shape index (κ3) is 2.84. The maximum Gasteiger partial charge on any atom is 0.433 e. The van der Waals surface area contributed by atoms with Crippen LogP contribution in [0.15, 0.2) is 18.3 Å². The topological polar surface area (TPSA) is 79.5 Å².